The molecule has 2 rings (SSSR count). The third kappa shape index (κ3) is 6.33. The monoisotopic (exact) mass is 294 g/mol. The summed E-state index contributed by atoms with van der Waals surface area (Å²) < 4.78 is 11.4. The minimum absolute atomic E-state index is 0.0487. The summed E-state index contributed by atoms with van der Waals surface area (Å²) in [7, 11) is 0. The number of hydrogen-bond donors (Lipinski definition) is 1. The Bertz CT molecular complexity index is 329. The number of aliphatic hydroxyl groups excluding tert-OH is 1. The van der Waals surface area contributed by atoms with Crippen LogP contribution >= 0.6 is 0 Å². The highest BCUT2D eigenvalue weighted by Gasteiger charge is 2.18. The molecule has 2 aliphatic rings. The summed E-state index contributed by atoms with van der Waals surface area (Å²) >= 11 is 0. The van der Waals surface area contributed by atoms with Crippen molar-refractivity contribution in [2.75, 3.05) is 19.8 Å². The quantitative estimate of drug-likeness (QED) is 0.722. The SMILES string of the molecule is OC/C=C/C=C1\CCCCC1CCCOC1CCCCO1. The van der Waals surface area contributed by atoms with E-state index in [-0.39, 0.29) is 12.9 Å². The zero-order valence-corrected chi connectivity index (χ0v) is 13.1. The molecule has 2 unspecified atom stereocenters. The molecule has 0 aromatic heterocycles. The molecule has 0 aromatic carbocycles. The number of aliphatic hydroxyl groups is 1. The molecule has 120 valence electrons. The standard InChI is InChI=1S/C18H30O3/c19-13-5-3-10-16-8-1-2-9-17(16)11-7-15-21-18-12-4-6-14-20-18/h3,5,10,17-19H,1-2,4,6-9,11-15H2/b5-3+,16-10+. The van der Waals surface area contributed by atoms with Crippen LogP contribution in [-0.4, -0.2) is 31.2 Å². The molecule has 1 saturated carbocycles. The molecule has 1 N–H and O–H groups in total. The maximum absolute atomic E-state index is 8.81. The van der Waals surface area contributed by atoms with Crippen LogP contribution in [0.15, 0.2) is 23.8 Å². The fraction of sp³-hybridized carbons (Fsp3) is 0.778. The van der Waals surface area contributed by atoms with Gasteiger partial charge in [0.25, 0.3) is 0 Å². The van der Waals surface area contributed by atoms with Crippen LogP contribution in [0.3, 0.4) is 0 Å². The minimum atomic E-state index is 0.0487. The molecular weight excluding hydrogens is 264 g/mol. The highest BCUT2D eigenvalue weighted by atomic mass is 16.7. The predicted molar refractivity (Wildman–Crippen MR) is 85.0 cm³/mol. The Kier molecular flexibility index (Phi) is 8.08. The van der Waals surface area contributed by atoms with Crippen molar-refractivity contribution in [3.63, 3.8) is 0 Å². The van der Waals surface area contributed by atoms with Crippen LogP contribution in [0.4, 0.5) is 0 Å². The van der Waals surface area contributed by atoms with E-state index in [1.54, 1.807) is 5.57 Å². The van der Waals surface area contributed by atoms with E-state index < -0.39 is 0 Å². The Morgan fingerprint density at radius 3 is 2.90 bits per heavy atom. The normalized spacial score (nSPS) is 29.3. The number of hydrogen-bond acceptors (Lipinski definition) is 3. The van der Waals surface area contributed by atoms with Crippen LogP contribution in [0.2, 0.25) is 0 Å². The predicted octanol–water partition coefficient (Wildman–Crippen LogP) is 3.97. The lowest BCUT2D eigenvalue weighted by molar-refractivity contribution is -0.163. The molecule has 0 amide bonds. The van der Waals surface area contributed by atoms with Crippen molar-refractivity contribution in [1.29, 1.82) is 0 Å². The molecule has 0 spiro atoms. The molecule has 3 nitrogen and oxygen atoms in total. The summed E-state index contributed by atoms with van der Waals surface area (Å²) in [6.45, 7) is 1.81. The Balaban J connectivity index is 1.67. The Morgan fingerprint density at radius 1 is 1.19 bits per heavy atom. The molecular formula is C18H30O3. The molecule has 1 aliphatic heterocycles. The number of ether oxygens (including phenoxy) is 2. The van der Waals surface area contributed by atoms with Gasteiger partial charge in [0, 0.05) is 13.2 Å². The maximum Gasteiger partial charge on any atom is 0.157 e. The van der Waals surface area contributed by atoms with Gasteiger partial charge in [-0.2, -0.15) is 0 Å². The molecule has 1 saturated heterocycles. The molecule has 21 heavy (non-hydrogen) atoms. The topological polar surface area (TPSA) is 38.7 Å². The van der Waals surface area contributed by atoms with Gasteiger partial charge in [0.05, 0.1) is 6.61 Å². The fourth-order valence-electron chi connectivity index (χ4n) is 3.30. The van der Waals surface area contributed by atoms with Crippen LogP contribution in [0.5, 0.6) is 0 Å². The largest absolute Gasteiger partial charge is 0.392 e. The van der Waals surface area contributed by atoms with E-state index in [0.29, 0.717) is 5.92 Å². The van der Waals surface area contributed by atoms with E-state index in [4.69, 9.17) is 14.6 Å². The Hall–Kier alpha value is -0.640. The molecule has 1 aliphatic carbocycles. The average molecular weight is 294 g/mol. The number of rotatable bonds is 7. The lowest BCUT2D eigenvalue weighted by Crippen LogP contribution is -2.23. The summed E-state index contributed by atoms with van der Waals surface area (Å²) in [5.74, 6) is 0.706. The van der Waals surface area contributed by atoms with Gasteiger partial charge in [-0.1, -0.05) is 30.2 Å². The third-order valence-electron chi connectivity index (χ3n) is 4.48. The minimum Gasteiger partial charge on any atom is -0.392 e. The molecule has 2 atom stereocenters. The van der Waals surface area contributed by atoms with Crippen LogP contribution in [0.25, 0.3) is 0 Å². The highest BCUT2D eigenvalue weighted by Crippen LogP contribution is 2.32. The molecule has 2 fully saturated rings. The van der Waals surface area contributed by atoms with Crippen LogP contribution < -0.4 is 0 Å². The first kappa shape index (κ1) is 16.7. The van der Waals surface area contributed by atoms with E-state index in [2.05, 4.69) is 6.08 Å². The van der Waals surface area contributed by atoms with Crippen molar-refractivity contribution < 1.29 is 14.6 Å². The maximum atomic E-state index is 8.81. The van der Waals surface area contributed by atoms with E-state index in [0.717, 1.165) is 26.1 Å². The van der Waals surface area contributed by atoms with Gasteiger partial charge in [0.1, 0.15) is 0 Å². The molecule has 0 aromatic rings. The van der Waals surface area contributed by atoms with Gasteiger partial charge < -0.3 is 14.6 Å². The lowest BCUT2D eigenvalue weighted by atomic mass is 9.81. The first-order valence-electron chi connectivity index (χ1n) is 8.60. The second-order valence-corrected chi connectivity index (χ2v) is 6.10. The summed E-state index contributed by atoms with van der Waals surface area (Å²) in [4.78, 5) is 0. The van der Waals surface area contributed by atoms with Gasteiger partial charge in [-0.15, -0.1) is 0 Å². The van der Waals surface area contributed by atoms with Crippen LogP contribution in [0, 0.1) is 5.92 Å². The first-order chi connectivity index (χ1) is 10.4. The van der Waals surface area contributed by atoms with Crippen molar-refractivity contribution >= 4 is 0 Å². The van der Waals surface area contributed by atoms with Crippen molar-refractivity contribution in [1.82, 2.24) is 0 Å². The number of allylic oxidation sites excluding steroid dienone is 3. The fourth-order valence-corrected chi connectivity index (χ4v) is 3.30. The molecule has 1 heterocycles. The van der Waals surface area contributed by atoms with Crippen molar-refractivity contribution in [3.8, 4) is 0 Å². The molecule has 0 bridgehead atoms. The van der Waals surface area contributed by atoms with E-state index in [9.17, 15) is 0 Å². The van der Waals surface area contributed by atoms with Crippen molar-refractivity contribution in [2.45, 2.75) is 64.1 Å². The Labute approximate surface area is 129 Å². The zero-order chi connectivity index (χ0) is 14.8. The van der Waals surface area contributed by atoms with E-state index in [1.165, 1.54) is 44.9 Å². The summed E-state index contributed by atoms with van der Waals surface area (Å²) in [5, 5.41) is 8.81. The van der Waals surface area contributed by atoms with Gasteiger partial charge in [0.2, 0.25) is 0 Å². The van der Waals surface area contributed by atoms with Gasteiger partial charge >= 0.3 is 0 Å². The van der Waals surface area contributed by atoms with Crippen LogP contribution in [0.1, 0.15) is 57.8 Å². The van der Waals surface area contributed by atoms with E-state index in [1.807, 2.05) is 12.2 Å². The lowest BCUT2D eigenvalue weighted by Gasteiger charge is -2.26. The molecule has 3 heteroatoms. The second kappa shape index (κ2) is 10.1. The Morgan fingerprint density at radius 2 is 2.10 bits per heavy atom. The molecule has 0 radical (unpaired) electrons. The summed E-state index contributed by atoms with van der Waals surface area (Å²) in [6.07, 6.45) is 17.0. The first-order valence-corrected chi connectivity index (χ1v) is 8.60. The van der Waals surface area contributed by atoms with E-state index >= 15 is 0 Å². The van der Waals surface area contributed by atoms with Crippen LogP contribution in [-0.2, 0) is 9.47 Å². The van der Waals surface area contributed by atoms with Gasteiger partial charge in [-0.05, 0) is 57.3 Å². The van der Waals surface area contributed by atoms with Gasteiger partial charge in [0.15, 0.2) is 6.29 Å². The van der Waals surface area contributed by atoms with Crippen molar-refractivity contribution in [2.24, 2.45) is 5.92 Å². The zero-order valence-electron chi connectivity index (χ0n) is 13.1. The summed E-state index contributed by atoms with van der Waals surface area (Å²) in [6, 6.07) is 0. The average Bonchev–Trinajstić information content (AvgIpc) is 2.54. The summed E-state index contributed by atoms with van der Waals surface area (Å²) in [5.41, 5.74) is 1.56. The van der Waals surface area contributed by atoms with Gasteiger partial charge in [-0.25, -0.2) is 0 Å². The van der Waals surface area contributed by atoms with Crippen molar-refractivity contribution in [3.05, 3.63) is 23.8 Å². The third-order valence-corrected chi connectivity index (χ3v) is 4.48. The second-order valence-electron chi connectivity index (χ2n) is 6.10. The van der Waals surface area contributed by atoms with Gasteiger partial charge in [-0.3, -0.25) is 0 Å². The smallest absolute Gasteiger partial charge is 0.157 e. The highest BCUT2D eigenvalue weighted by molar-refractivity contribution is 5.16.